The molecule has 2 aromatic rings. The number of fused-ring (bicyclic) bond motifs is 1. The first-order valence-corrected chi connectivity index (χ1v) is 8.66. The Balaban J connectivity index is 2.07. The van der Waals surface area contributed by atoms with Crippen molar-refractivity contribution >= 4 is 21.1 Å². The van der Waals surface area contributed by atoms with Crippen LogP contribution in [0.2, 0.25) is 0 Å². The van der Waals surface area contributed by atoms with Crippen molar-refractivity contribution in [3.8, 4) is 0 Å². The van der Waals surface area contributed by atoms with Gasteiger partial charge in [-0.25, -0.2) is 13.4 Å². The molecule has 0 spiro atoms. The van der Waals surface area contributed by atoms with Crippen LogP contribution in [0, 0.1) is 19.8 Å². The lowest BCUT2D eigenvalue weighted by Gasteiger charge is -2.28. The lowest BCUT2D eigenvalue weighted by Crippen LogP contribution is -2.38. The lowest BCUT2D eigenvalue weighted by atomic mass is 10.0. The van der Waals surface area contributed by atoms with Gasteiger partial charge >= 0.3 is 0 Å². The number of sulfonamides is 1. The third kappa shape index (κ3) is 2.44. The molecule has 0 bridgehead atoms. The highest BCUT2D eigenvalue weighted by molar-refractivity contribution is 7.89. The van der Waals surface area contributed by atoms with Crippen LogP contribution in [0.15, 0.2) is 11.1 Å². The van der Waals surface area contributed by atoms with Crippen LogP contribution >= 0.6 is 0 Å². The number of rotatable bonds is 2. The van der Waals surface area contributed by atoms with Crippen molar-refractivity contribution < 1.29 is 8.42 Å². The predicted molar refractivity (Wildman–Crippen MR) is 80.5 cm³/mol. The minimum absolute atomic E-state index is 0.178. The van der Waals surface area contributed by atoms with Crippen molar-refractivity contribution in [2.75, 3.05) is 13.1 Å². The van der Waals surface area contributed by atoms with Gasteiger partial charge in [0.15, 0.2) is 10.7 Å². The molecule has 114 valence electrons. The van der Waals surface area contributed by atoms with Gasteiger partial charge in [0.05, 0.1) is 5.39 Å². The number of aryl methyl sites for hydroxylation is 2. The summed E-state index contributed by atoms with van der Waals surface area (Å²) in [6.07, 6.45) is 1.81. The van der Waals surface area contributed by atoms with Crippen LogP contribution in [0.1, 0.15) is 31.0 Å². The highest BCUT2D eigenvalue weighted by Gasteiger charge is 2.31. The van der Waals surface area contributed by atoms with Gasteiger partial charge in [-0.3, -0.25) is 5.10 Å². The topological polar surface area (TPSA) is 79.0 Å². The van der Waals surface area contributed by atoms with Gasteiger partial charge in [-0.1, -0.05) is 6.92 Å². The van der Waals surface area contributed by atoms with E-state index in [1.807, 2.05) is 19.9 Å². The summed E-state index contributed by atoms with van der Waals surface area (Å²) in [6, 6.07) is 1.88. The smallest absolute Gasteiger partial charge is 0.260 e. The van der Waals surface area contributed by atoms with Gasteiger partial charge in [-0.15, -0.1) is 0 Å². The maximum absolute atomic E-state index is 12.8. The highest BCUT2D eigenvalue weighted by atomic mass is 32.2. The second-order valence-corrected chi connectivity index (χ2v) is 7.79. The maximum Gasteiger partial charge on any atom is 0.260 e. The van der Waals surface area contributed by atoms with Crippen molar-refractivity contribution in [1.82, 2.24) is 19.5 Å². The molecule has 3 rings (SSSR count). The summed E-state index contributed by atoms with van der Waals surface area (Å²) in [5.41, 5.74) is 2.19. The molecule has 21 heavy (non-hydrogen) atoms. The van der Waals surface area contributed by atoms with Crippen LogP contribution in [0.3, 0.4) is 0 Å². The minimum atomic E-state index is -3.53. The zero-order chi connectivity index (χ0) is 15.2. The average molecular weight is 308 g/mol. The summed E-state index contributed by atoms with van der Waals surface area (Å²) in [5, 5.41) is 7.55. The summed E-state index contributed by atoms with van der Waals surface area (Å²) in [7, 11) is -3.53. The second kappa shape index (κ2) is 5.06. The predicted octanol–water partition coefficient (Wildman–Crippen LogP) is 2.00. The van der Waals surface area contributed by atoms with E-state index in [0.29, 0.717) is 30.0 Å². The summed E-state index contributed by atoms with van der Waals surface area (Å²) < 4.78 is 27.2. The van der Waals surface area contributed by atoms with Crippen LogP contribution in [0.4, 0.5) is 0 Å². The van der Waals surface area contributed by atoms with E-state index in [-0.39, 0.29) is 5.03 Å². The molecule has 0 aliphatic carbocycles. The first-order chi connectivity index (χ1) is 9.89. The van der Waals surface area contributed by atoms with Gasteiger partial charge in [0.1, 0.15) is 0 Å². The van der Waals surface area contributed by atoms with Crippen molar-refractivity contribution in [3.05, 3.63) is 17.3 Å². The summed E-state index contributed by atoms with van der Waals surface area (Å²) in [5.74, 6) is 0.584. The SMILES string of the molecule is Cc1cc(C)c2c(S(=O)(=O)N3CCC(C)CC3)[nH]nc2n1. The first-order valence-electron chi connectivity index (χ1n) is 7.22. The Hall–Kier alpha value is -1.47. The monoisotopic (exact) mass is 308 g/mol. The molecule has 0 atom stereocenters. The molecule has 1 saturated heterocycles. The van der Waals surface area contributed by atoms with Crippen molar-refractivity contribution in [1.29, 1.82) is 0 Å². The number of nitrogens with one attached hydrogen (secondary N) is 1. The molecule has 1 N–H and O–H groups in total. The molecule has 0 saturated carbocycles. The molecule has 0 aromatic carbocycles. The quantitative estimate of drug-likeness (QED) is 0.920. The Labute approximate surface area is 124 Å². The molecular formula is C14H20N4O2S. The number of aromatic amines is 1. The second-order valence-electron chi connectivity index (χ2n) is 5.92. The molecule has 0 unspecified atom stereocenters. The van der Waals surface area contributed by atoms with Gasteiger partial charge in [0.2, 0.25) is 0 Å². The van der Waals surface area contributed by atoms with Crippen LogP contribution in [-0.2, 0) is 10.0 Å². The van der Waals surface area contributed by atoms with Crippen LogP contribution in [0.5, 0.6) is 0 Å². The Kier molecular flexibility index (Phi) is 3.49. The van der Waals surface area contributed by atoms with Gasteiger partial charge in [0, 0.05) is 18.8 Å². The summed E-state index contributed by atoms with van der Waals surface area (Å²) in [4.78, 5) is 4.30. The first kappa shape index (κ1) is 14.5. The lowest BCUT2D eigenvalue weighted by molar-refractivity contribution is 0.287. The summed E-state index contributed by atoms with van der Waals surface area (Å²) in [6.45, 7) is 7.07. The van der Waals surface area contributed by atoms with Gasteiger partial charge in [-0.05, 0) is 44.2 Å². The molecule has 0 radical (unpaired) electrons. The Morgan fingerprint density at radius 1 is 1.29 bits per heavy atom. The van der Waals surface area contributed by atoms with E-state index in [1.54, 1.807) is 4.31 Å². The fourth-order valence-corrected chi connectivity index (χ4v) is 4.50. The van der Waals surface area contributed by atoms with E-state index < -0.39 is 10.0 Å². The molecule has 2 aromatic heterocycles. The highest BCUT2D eigenvalue weighted by Crippen LogP contribution is 2.28. The molecule has 0 amide bonds. The maximum atomic E-state index is 12.8. The zero-order valence-corrected chi connectivity index (χ0v) is 13.4. The number of aromatic nitrogens is 3. The standard InChI is InChI=1S/C14H20N4O2S/c1-9-4-6-18(7-5-9)21(19,20)14-12-10(2)8-11(3)15-13(12)16-17-14/h8-9H,4-7H2,1-3H3,(H,15,16,17). The molecule has 7 heteroatoms. The van der Waals surface area contributed by atoms with E-state index in [1.165, 1.54) is 0 Å². The van der Waals surface area contributed by atoms with Crippen molar-refractivity contribution in [2.24, 2.45) is 5.92 Å². The van der Waals surface area contributed by atoms with Gasteiger partial charge in [-0.2, -0.15) is 9.40 Å². The third-order valence-electron chi connectivity index (χ3n) is 4.16. The largest absolute Gasteiger partial charge is 0.263 e. The molecule has 3 heterocycles. The average Bonchev–Trinajstić information content (AvgIpc) is 2.83. The number of hydrogen-bond donors (Lipinski definition) is 1. The molecule has 1 fully saturated rings. The van der Waals surface area contributed by atoms with Gasteiger partial charge < -0.3 is 0 Å². The molecule has 1 aliphatic rings. The Morgan fingerprint density at radius 2 is 1.95 bits per heavy atom. The van der Waals surface area contributed by atoms with Crippen LogP contribution in [0.25, 0.3) is 11.0 Å². The van der Waals surface area contributed by atoms with Crippen LogP contribution in [-0.4, -0.2) is 41.0 Å². The van der Waals surface area contributed by atoms with E-state index in [4.69, 9.17) is 0 Å². The third-order valence-corrected chi connectivity index (χ3v) is 6.01. The minimum Gasteiger partial charge on any atom is -0.263 e. The van der Waals surface area contributed by atoms with E-state index in [9.17, 15) is 8.42 Å². The van der Waals surface area contributed by atoms with E-state index in [0.717, 1.165) is 24.1 Å². The number of piperidine rings is 1. The normalized spacial score (nSPS) is 18.4. The van der Waals surface area contributed by atoms with Gasteiger partial charge in [0.25, 0.3) is 10.0 Å². The van der Waals surface area contributed by atoms with Crippen molar-refractivity contribution in [2.45, 2.75) is 38.6 Å². The fourth-order valence-electron chi connectivity index (χ4n) is 2.88. The van der Waals surface area contributed by atoms with E-state index in [2.05, 4.69) is 22.1 Å². The number of H-pyrrole nitrogens is 1. The molecular weight excluding hydrogens is 288 g/mol. The molecule has 6 nitrogen and oxygen atoms in total. The van der Waals surface area contributed by atoms with Crippen molar-refractivity contribution in [3.63, 3.8) is 0 Å². The number of hydrogen-bond acceptors (Lipinski definition) is 4. The fraction of sp³-hybridized carbons (Fsp3) is 0.571. The van der Waals surface area contributed by atoms with E-state index >= 15 is 0 Å². The molecule has 1 aliphatic heterocycles. The summed E-state index contributed by atoms with van der Waals surface area (Å²) >= 11 is 0. The Morgan fingerprint density at radius 3 is 2.62 bits per heavy atom. The zero-order valence-electron chi connectivity index (χ0n) is 12.5. The Bertz CT molecular complexity index is 774. The van der Waals surface area contributed by atoms with Crippen LogP contribution < -0.4 is 0 Å². The number of nitrogens with zero attached hydrogens (tertiary/aromatic N) is 3. The number of pyridine rings is 1.